The van der Waals surface area contributed by atoms with Gasteiger partial charge in [0.05, 0.1) is 18.7 Å². The molecule has 1 saturated heterocycles. The lowest BCUT2D eigenvalue weighted by Crippen LogP contribution is -2.49. The van der Waals surface area contributed by atoms with Crippen molar-refractivity contribution in [1.29, 1.82) is 0 Å². The van der Waals surface area contributed by atoms with Gasteiger partial charge in [0.2, 0.25) is 0 Å². The molecule has 22 heavy (non-hydrogen) atoms. The number of hydrogen-bond donors (Lipinski definition) is 2. The van der Waals surface area contributed by atoms with Gasteiger partial charge in [0.15, 0.2) is 17.6 Å². The van der Waals surface area contributed by atoms with Gasteiger partial charge in [0, 0.05) is 6.61 Å². The van der Waals surface area contributed by atoms with Gasteiger partial charge in [0.1, 0.15) is 6.61 Å². The van der Waals surface area contributed by atoms with Gasteiger partial charge >= 0.3 is 6.03 Å². The normalized spacial score (nSPS) is 24.6. The fourth-order valence-corrected chi connectivity index (χ4v) is 2.72. The van der Waals surface area contributed by atoms with E-state index in [0.717, 1.165) is 25.2 Å². The molecule has 0 aliphatic carbocycles. The molecule has 3 rings (SSSR count). The molecule has 0 saturated carbocycles. The van der Waals surface area contributed by atoms with Crippen LogP contribution in [0, 0.1) is 0 Å². The summed E-state index contributed by atoms with van der Waals surface area (Å²) in [5.74, 6) is 1.46. The van der Waals surface area contributed by atoms with Crippen LogP contribution >= 0.6 is 0 Å². The van der Waals surface area contributed by atoms with Gasteiger partial charge in [-0.3, -0.25) is 0 Å². The van der Waals surface area contributed by atoms with E-state index in [4.69, 9.17) is 14.2 Å². The van der Waals surface area contributed by atoms with E-state index in [1.807, 2.05) is 31.2 Å². The number of carbonyl (C=O) groups is 1. The third kappa shape index (κ3) is 3.62. The molecule has 1 aromatic carbocycles. The maximum absolute atomic E-state index is 11.9. The minimum atomic E-state index is -0.203. The van der Waals surface area contributed by atoms with E-state index < -0.39 is 0 Å². The Hall–Kier alpha value is -1.95. The van der Waals surface area contributed by atoms with E-state index in [1.165, 1.54) is 0 Å². The summed E-state index contributed by atoms with van der Waals surface area (Å²) in [6.45, 7) is 3.58. The molecule has 0 bridgehead atoms. The summed E-state index contributed by atoms with van der Waals surface area (Å²) in [4.78, 5) is 11.9. The molecule has 6 heteroatoms. The van der Waals surface area contributed by atoms with Crippen molar-refractivity contribution in [2.24, 2.45) is 0 Å². The van der Waals surface area contributed by atoms with E-state index in [-0.39, 0.29) is 24.3 Å². The maximum atomic E-state index is 11.9. The molecule has 0 unspecified atom stereocenters. The number of fused-ring (bicyclic) bond motifs is 1. The zero-order valence-corrected chi connectivity index (χ0v) is 12.7. The van der Waals surface area contributed by atoms with Crippen LogP contribution in [0.2, 0.25) is 0 Å². The number of amides is 2. The Labute approximate surface area is 130 Å². The monoisotopic (exact) mass is 306 g/mol. The minimum Gasteiger partial charge on any atom is -0.486 e. The molecule has 2 aliphatic rings. The Kier molecular flexibility index (Phi) is 4.68. The SMILES string of the molecule is C[C@H](NC(=O)NC[C@@H]1COc2ccccc2O1)[C@H]1CCCO1. The Balaban J connectivity index is 1.42. The van der Waals surface area contributed by atoms with Gasteiger partial charge in [-0.15, -0.1) is 0 Å². The van der Waals surface area contributed by atoms with Crippen molar-refractivity contribution in [2.75, 3.05) is 19.8 Å². The zero-order valence-electron chi connectivity index (χ0n) is 12.7. The summed E-state index contributed by atoms with van der Waals surface area (Å²) in [6.07, 6.45) is 1.99. The standard InChI is InChI=1S/C16H22N2O4/c1-11(13-7-4-8-20-13)18-16(19)17-9-12-10-21-14-5-2-3-6-15(14)22-12/h2-3,5-6,11-13H,4,7-10H2,1H3,(H2,17,18,19)/t11-,12+,13+/m0/s1. The predicted molar refractivity (Wildman–Crippen MR) is 81.3 cm³/mol. The highest BCUT2D eigenvalue weighted by Gasteiger charge is 2.25. The zero-order chi connectivity index (χ0) is 15.4. The van der Waals surface area contributed by atoms with E-state index >= 15 is 0 Å². The third-order valence-corrected chi connectivity index (χ3v) is 3.94. The minimum absolute atomic E-state index is 0.00625. The van der Waals surface area contributed by atoms with Crippen LogP contribution in [-0.2, 0) is 4.74 Å². The lowest BCUT2D eigenvalue weighted by molar-refractivity contribution is 0.0829. The van der Waals surface area contributed by atoms with Gasteiger partial charge in [-0.25, -0.2) is 4.79 Å². The first-order valence-electron chi connectivity index (χ1n) is 7.77. The fraction of sp³-hybridized carbons (Fsp3) is 0.562. The summed E-state index contributed by atoms with van der Waals surface area (Å²) in [6, 6.07) is 7.34. The van der Waals surface area contributed by atoms with Crippen molar-refractivity contribution in [3.05, 3.63) is 24.3 Å². The summed E-state index contributed by atoms with van der Waals surface area (Å²) >= 11 is 0. The van der Waals surface area contributed by atoms with E-state index in [9.17, 15) is 4.79 Å². The molecule has 1 fully saturated rings. The highest BCUT2D eigenvalue weighted by atomic mass is 16.6. The molecule has 2 amide bonds. The smallest absolute Gasteiger partial charge is 0.315 e. The Morgan fingerprint density at radius 2 is 2.18 bits per heavy atom. The Bertz CT molecular complexity index is 517. The van der Waals surface area contributed by atoms with E-state index in [2.05, 4.69) is 10.6 Å². The first kappa shape index (κ1) is 15.0. The van der Waals surface area contributed by atoms with Crippen LogP contribution in [0.1, 0.15) is 19.8 Å². The molecule has 120 valence electrons. The topological polar surface area (TPSA) is 68.8 Å². The molecule has 3 atom stereocenters. The first-order valence-corrected chi connectivity index (χ1v) is 7.77. The molecule has 2 heterocycles. The fourth-order valence-electron chi connectivity index (χ4n) is 2.72. The molecule has 2 aliphatic heterocycles. The third-order valence-electron chi connectivity index (χ3n) is 3.94. The first-order chi connectivity index (χ1) is 10.7. The van der Waals surface area contributed by atoms with Crippen molar-refractivity contribution in [2.45, 2.75) is 38.0 Å². The van der Waals surface area contributed by atoms with Crippen molar-refractivity contribution >= 4 is 6.03 Å². The number of carbonyl (C=O) groups excluding carboxylic acids is 1. The number of rotatable bonds is 4. The van der Waals surface area contributed by atoms with Crippen LogP contribution in [0.25, 0.3) is 0 Å². The second-order valence-corrected chi connectivity index (χ2v) is 5.69. The Morgan fingerprint density at radius 1 is 1.36 bits per heavy atom. The number of benzene rings is 1. The molecular weight excluding hydrogens is 284 g/mol. The van der Waals surface area contributed by atoms with Crippen molar-refractivity contribution in [3.63, 3.8) is 0 Å². The van der Waals surface area contributed by atoms with Crippen LogP contribution in [0.15, 0.2) is 24.3 Å². The van der Waals surface area contributed by atoms with Crippen LogP contribution in [0.5, 0.6) is 11.5 Å². The number of urea groups is 1. The average molecular weight is 306 g/mol. The summed E-state index contributed by atoms with van der Waals surface area (Å²) in [5.41, 5.74) is 0. The predicted octanol–water partition coefficient (Wildman–Crippen LogP) is 1.69. The Morgan fingerprint density at radius 3 is 2.95 bits per heavy atom. The van der Waals surface area contributed by atoms with Crippen molar-refractivity contribution in [1.82, 2.24) is 10.6 Å². The summed E-state index contributed by atoms with van der Waals surface area (Å²) in [5, 5.41) is 5.74. The summed E-state index contributed by atoms with van der Waals surface area (Å²) in [7, 11) is 0. The van der Waals surface area contributed by atoms with Crippen LogP contribution in [-0.4, -0.2) is 44.0 Å². The lowest BCUT2D eigenvalue weighted by atomic mass is 10.1. The number of nitrogens with one attached hydrogen (secondary N) is 2. The molecule has 6 nitrogen and oxygen atoms in total. The van der Waals surface area contributed by atoms with Crippen LogP contribution in [0.3, 0.4) is 0 Å². The largest absolute Gasteiger partial charge is 0.486 e. The van der Waals surface area contributed by atoms with Crippen molar-refractivity contribution < 1.29 is 19.0 Å². The second-order valence-electron chi connectivity index (χ2n) is 5.69. The molecule has 2 N–H and O–H groups in total. The van der Waals surface area contributed by atoms with Crippen molar-refractivity contribution in [3.8, 4) is 11.5 Å². The van der Waals surface area contributed by atoms with E-state index in [0.29, 0.717) is 18.9 Å². The van der Waals surface area contributed by atoms with Gasteiger partial charge in [-0.1, -0.05) is 12.1 Å². The molecule has 1 aromatic rings. The molecule has 0 spiro atoms. The number of ether oxygens (including phenoxy) is 3. The highest BCUT2D eigenvalue weighted by molar-refractivity contribution is 5.74. The summed E-state index contributed by atoms with van der Waals surface area (Å²) < 4.78 is 17.0. The lowest BCUT2D eigenvalue weighted by Gasteiger charge is -2.27. The van der Waals surface area contributed by atoms with Gasteiger partial charge in [-0.2, -0.15) is 0 Å². The van der Waals surface area contributed by atoms with E-state index in [1.54, 1.807) is 0 Å². The van der Waals surface area contributed by atoms with Crippen LogP contribution < -0.4 is 20.1 Å². The second kappa shape index (κ2) is 6.87. The average Bonchev–Trinajstić information content (AvgIpc) is 3.07. The highest BCUT2D eigenvalue weighted by Crippen LogP contribution is 2.30. The molecular formula is C16H22N2O4. The quantitative estimate of drug-likeness (QED) is 0.888. The maximum Gasteiger partial charge on any atom is 0.315 e. The number of hydrogen-bond acceptors (Lipinski definition) is 4. The number of para-hydroxylation sites is 2. The van der Waals surface area contributed by atoms with Gasteiger partial charge in [-0.05, 0) is 31.9 Å². The molecule has 0 aromatic heterocycles. The van der Waals surface area contributed by atoms with Gasteiger partial charge in [0.25, 0.3) is 0 Å². The van der Waals surface area contributed by atoms with Crippen LogP contribution in [0.4, 0.5) is 4.79 Å². The molecule has 0 radical (unpaired) electrons. The van der Waals surface area contributed by atoms with Gasteiger partial charge < -0.3 is 24.8 Å².